The Morgan fingerprint density at radius 1 is 1.25 bits per heavy atom. The topological polar surface area (TPSA) is 90.9 Å². The molecule has 10 heteroatoms. The van der Waals surface area contributed by atoms with Crippen molar-refractivity contribution in [1.29, 1.82) is 0 Å². The molecule has 0 unspecified atom stereocenters. The Kier molecular flexibility index (Phi) is 8.90. The van der Waals surface area contributed by atoms with Gasteiger partial charge in [0, 0.05) is 69.7 Å². The number of piperazine rings is 1. The number of thiazole rings is 1. The minimum absolute atomic E-state index is 0. The molecule has 0 saturated carbocycles. The maximum Gasteiger partial charge on any atom is 0.244 e. The quantitative estimate of drug-likeness (QED) is 0.355. The van der Waals surface area contributed by atoms with Gasteiger partial charge in [0.05, 0.1) is 0 Å². The fourth-order valence-corrected chi connectivity index (χ4v) is 3.52. The van der Waals surface area contributed by atoms with Crippen LogP contribution in [0, 0.1) is 0 Å². The van der Waals surface area contributed by atoms with Gasteiger partial charge in [0.15, 0.2) is 11.1 Å². The number of rotatable bonds is 6. The van der Waals surface area contributed by atoms with Gasteiger partial charge in [-0.25, -0.2) is 9.98 Å². The lowest BCUT2D eigenvalue weighted by molar-refractivity contribution is -0.128. The van der Waals surface area contributed by atoms with Crippen molar-refractivity contribution in [2.75, 3.05) is 51.2 Å². The minimum atomic E-state index is -0.0460. The lowest BCUT2D eigenvalue weighted by atomic mass is 10.2. The minimum Gasteiger partial charge on any atom is -0.370 e. The predicted octanol–water partition coefficient (Wildman–Crippen LogP) is 1.29. The van der Waals surface area contributed by atoms with E-state index in [0.717, 1.165) is 43.4 Å². The zero-order valence-corrected chi connectivity index (χ0v) is 19.0. The fraction of sp³-hybridized carbons (Fsp3) is 0.444. The van der Waals surface area contributed by atoms with E-state index in [2.05, 4.69) is 19.9 Å². The van der Waals surface area contributed by atoms with E-state index < -0.39 is 0 Å². The molecule has 0 bridgehead atoms. The Bertz CT molecular complexity index is 749. The third kappa shape index (κ3) is 6.30. The SMILES string of the molecule is CN(CCc1ccccn1)C(=O)CN=C(N)N1CCN(c2nccs2)CC1.I. The number of nitrogens with two attached hydrogens (primary N) is 1. The molecule has 0 aromatic carbocycles. The number of carbonyl (C=O) groups excluding carboxylic acids is 1. The van der Waals surface area contributed by atoms with Crippen LogP contribution in [0.4, 0.5) is 5.13 Å². The molecule has 8 nitrogen and oxygen atoms in total. The average Bonchev–Trinajstić information content (AvgIpc) is 3.25. The van der Waals surface area contributed by atoms with Gasteiger partial charge in [-0.2, -0.15) is 0 Å². The van der Waals surface area contributed by atoms with Crippen molar-refractivity contribution in [3.63, 3.8) is 0 Å². The number of likely N-dealkylation sites (N-methyl/N-ethyl adjacent to an activating group) is 1. The van der Waals surface area contributed by atoms with Gasteiger partial charge in [-0.05, 0) is 12.1 Å². The molecule has 3 rings (SSSR count). The zero-order chi connectivity index (χ0) is 19.1. The molecule has 2 N–H and O–H groups in total. The third-order valence-electron chi connectivity index (χ3n) is 4.53. The number of aliphatic imine (C=N–C) groups is 1. The van der Waals surface area contributed by atoms with E-state index in [-0.39, 0.29) is 36.4 Å². The van der Waals surface area contributed by atoms with E-state index in [1.807, 2.05) is 34.7 Å². The molecular weight excluding hydrogens is 489 g/mol. The molecule has 28 heavy (non-hydrogen) atoms. The molecule has 3 heterocycles. The second-order valence-electron chi connectivity index (χ2n) is 6.35. The number of pyridine rings is 1. The molecule has 1 aliphatic rings. The molecule has 1 saturated heterocycles. The van der Waals surface area contributed by atoms with Gasteiger partial charge in [-0.1, -0.05) is 6.07 Å². The van der Waals surface area contributed by atoms with Crippen LogP contribution in [-0.4, -0.2) is 78.0 Å². The molecule has 0 radical (unpaired) electrons. The van der Waals surface area contributed by atoms with E-state index in [1.54, 1.807) is 29.5 Å². The molecule has 0 aliphatic carbocycles. The van der Waals surface area contributed by atoms with Crippen molar-refractivity contribution in [3.8, 4) is 0 Å². The Morgan fingerprint density at radius 3 is 2.68 bits per heavy atom. The van der Waals surface area contributed by atoms with Crippen molar-refractivity contribution < 1.29 is 4.79 Å². The number of hydrogen-bond donors (Lipinski definition) is 1. The van der Waals surface area contributed by atoms with Gasteiger partial charge < -0.3 is 20.4 Å². The lowest BCUT2D eigenvalue weighted by Crippen LogP contribution is -2.51. The number of halogens is 1. The molecule has 1 amide bonds. The molecule has 0 spiro atoms. The standard InChI is InChI=1S/C18H25N7OS.HI/c1-23(8-5-15-4-2-3-6-20-15)16(26)14-22-17(19)24-9-11-25(12-10-24)18-21-7-13-27-18;/h2-4,6-7,13H,5,8-12,14H2,1H3,(H2,19,22);1H. The van der Waals surface area contributed by atoms with Gasteiger partial charge >= 0.3 is 0 Å². The fourth-order valence-electron chi connectivity index (χ4n) is 2.82. The second-order valence-corrected chi connectivity index (χ2v) is 7.22. The van der Waals surface area contributed by atoms with Gasteiger partial charge in [-0.15, -0.1) is 35.3 Å². The first-order valence-electron chi connectivity index (χ1n) is 8.96. The number of amides is 1. The third-order valence-corrected chi connectivity index (χ3v) is 5.36. The van der Waals surface area contributed by atoms with Crippen LogP contribution >= 0.6 is 35.3 Å². The molecule has 152 valence electrons. The molecule has 2 aromatic heterocycles. The Hall–Kier alpha value is -1.95. The molecule has 2 aromatic rings. The van der Waals surface area contributed by atoms with E-state index in [0.29, 0.717) is 12.5 Å². The highest BCUT2D eigenvalue weighted by Crippen LogP contribution is 2.18. The first kappa shape index (κ1) is 22.3. The van der Waals surface area contributed by atoms with E-state index >= 15 is 0 Å². The highest BCUT2D eigenvalue weighted by Gasteiger charge is 2.20. The van der Waals surface area contributed by atoms with Crippen LogP contribution in [0.1, 0.15) is 5.69 Å². The normalized spacial score (nSPS) is 14.5. The maximum atomic E-state index is 12.3. The van der Waals surface area contributed by atoms with E-state index in [1.165, 1.54) is 0 Å². The number of hydrogen-bond acceptors (Lipinski definition) is 6. The summed E-state index contributed by atoms with van der Waals surface area (Å²) in [6, 6.07) is 5.79. The summed E-state index contributed by atoms with van der Waals surface area (Å²) in [6.07, 6.45) is 4.30. The molecule has 1 aliphatic heterocycles. The van der Waals surface area contributed by atoms with Crippen LogP contribution < -0.4 is 10.6 Å². The second kappa shape index (κ2) is 11.1. The highest BCUT2D eigenvalue weighted by atomic mass is 127. The molecular formula is C18H26IN7OS. The number of nitrogens with zero attached hydrogens (tertiary/aromatic N) is 6. The summed E-state index contributed by atoms with van der Waals surface area (Å²) in [5.74, 6) is 0.385. The van der Waals surface area contributed by atoms with Gasteiger partial charge in [0.2, 0.25) is 5.91 Å². The van der Waals surface area contributed by atoms with Gasteiger partial charge in [0.25, 0.3) is 0 Å². The Morgan fingerprint density at radius 2 is 2.04 bits per heavy atom. The first-order valence-corrected chi connectivity index (χ1v) is 9.84. The summed E-state index contributed by atoms with van der Waals surface area (Å²) < 4.78 is 0. The highest BCUT2D eigenvalue weighted by molar-refractivity contribution is 14.0. The summed E-state index contributed by atoms with van der Waals surface area (Å²) in [5, 5.41) is 3.02. The van der Waals surface area contributed by atoms with Crippen LogP contribution in [0.3, 0.4) is 0 Å². The van der Waals surface area contributed by atoms with Crippen molar-refractivity contribution in [2.45, 2.75) is 6.42 Å². The maximum absolute atomic E-state index is 12.3. The summed E-state index contributed by atoms with van der Waals surface area (Å²) in [4.78, 5) is 31.1. The van der Waals surface area contributed by atoms with Crippen molar-refractivity contribution in [1.82, 2.24) is 19.8 Å². The van der Waals surface area contributed by atoms with Crippen LogP contribution in [-0.2, 0) is 11.2 Å². The summed E-state index contributed by atoms with van der Waals surface area (Å²) in [7, 11) is 1.78. The Labute approximate surface area is 186 Å². The van der Waals surface area contributed by atoms with Crippen molar-refractivity contribution in [3.05, 3.63) is 41.7 Å². The summed E-state index contributed by atoms with van der Waals surface area (Å²) in [5.41, 5.74) is 7.06. The number of guanidine groups is 1. The van der Waals surface area contributed by atoms with Crippen molar-refractivity contribution in [2.24, 2.45) is 10.7 Å². The van der Waals surface area contributed by atoms with E-state index in [9.17, 15) is 4.79 Å². The Balaban J connectivity index is 0.00000280. The van der Waals surface area contributed by atoms with Crippen LogP contribution in [0.15, 0.2) is 41.0 Å². The smallest absolute Gasteiger partial charge is 0.244 e. The zero-order valence-electron chi connectivity index (χ0n) is 15.9. The van der Waals surface area contributed by atoms with Crippen molar-refractivity contribution >= 4 is 52.3 Å². The lowest BCUT2D eigenvalue weighted by Gasteiger charge is -2.35. The number of aromatic nitrogens is 2. The molecule has 1 fully saturated rings. The largest absolute Gasteiger partial charge is 0.370 e. The first-order chi connectivity index (χ1) is 13.1. The monoisotopic (exact) mass is 515 g/mol. The van der Waals surface area contributed by atoms with Gasteiger partial charge in [-0.3, -0.25) is 9.78 Å². The van der Waals surface area contributed by atoms with Crippen LogP contribution in [0.25, 0.3) is 0 Å². The van der Waals surface area contributed by atoms with E-state index in [4.69, 9.17) is 5.73 Å². The summed E-state index contributed by atoms with van der Waals surface area (Å²) >= 11 is 1.64. The van der Waals surface area contributed by atoms with Crippen LogP contribution in [0.2, 0.25) is 0 Å². The summed E-state index contributed by atoms with van der Waals surface area (Å²) in [6.45, 7) is 3.93. The number of anilines is 1. The predicted molar refractivity (Wildman–Crippen MR) is 123 cm³/mol. The van der Waals surface area contributed by atoms with Crippen LogP contribution in [0.5, 0.6) is 0 Å². The van der Waals surface area contributed by atoms with Gasteiger partial charge in [0.1, 0.15) is 6.54 Å². The average molecular weight is 515 g/mol. The number of carbonyl (C=O) groups is 1. The molecule has 0 atom stereocenters.